The Kier molecular flexibility index (Phi) is 7.85. The number of rotatable bonds is 2. The van der Waals surface area contributed by atoms with Gasteiger partial charge in [0.15, 0.2) is 0 Å². The zero-order valence-corrected chi connectivity index (χ0v) is 8.29. The monoisotopic (exact) mass is 173 g/mol. The fraction of sp³-hybridized carbons (Fsp3) is 0.667. The first-order valence-electron chi connectivity index (χ1n) is 3.89. The van der Waals surface area contributed by atoms with Crippen molar-refractivity contribution < 1.29 is 9.90 Å². The van der Waals surface area contributed by atoms with Gasteiger partial charge in [-0.15, -0.1) is 6.58 Å². The van der Waals surface area contributed by atoms with E-state index in [4.69, 9.17) is 10.8 Å². The van der Waals surface area contributed by atoms with Crippen LogP contribution in [0.4, 0.5) is 0 Å². The summed E-state index contributed by atoms with van der Waals surface area (Å²) < 4.78 is 0. The zero-order valence-electron chi connectivity index (χ0n) is 8.29. The van der Waals surface area contributed by atoms with Crippen LogP contribution in [0.5, 0.6) is 0 Å². The molecule has 0 heterocycles. The quantitative estimate of drug-likeness (QED) is 0.624. The van der Waals surface area contributed by atoms with Gasteiger partial charge in [-0.3, -0.25) is 4.79 Å². The summed E-state index contributed by atoms with van der Waals surface area (Å²) in [6, 6.07) is -0.713. The van der Waals surface area contributed by atoms with E-state index in [9.17, 15) is 4.79 Å². The van der Waals surface area contributed by atoms with Crippen molar-refractivity contribution in [2.75, 3.05) is 0 Å². The summed E-state index contributed by atoms with van der Waals surface area (Å²) >= 11 is 0. The van der Waals surface area contributed by atoms with Gasteiger partial charge in [-0.1, -0.05) is 19.4 Å². The van der Waals surface area contributed by atoms with Crippen LogP contribution in [-0.2, 0) is 4.79 Å². The molecule has 3 heteroatoms. The lowest BCUT2D eigenvalue weighted by Gasteiger charge is -2.07. The van der Waals surface area contributed by atoms with E-state index in [-0.39, 0.29) is 5.92 Å². The van der Waals surface area contributed by atoms with Gasteiger partial charge < -0.3 is 10.8 Å². The number of hydrogen-bond acceptors (Lipinski definition) is 2. The van der Waals surface area contributed by atoms with E-state index in [0.29, 0.717) is 0 Å². The summed E-state index contributed by atoms with van der Waals surface area (Å²) in [5, 5.41) is 8.23. The van der Waals surface area contributed by atoms with Crippen molar-refractivity contribution in [2.24, 2.45) is 11.7 Å². The van der Waals surface area contributed by atoms with Crippen LogP contribution in [0.15, 0.2) is 12.2 Å². The maximum absolute atomic E-state index is 10.0. The van der Waals surface area contributed by atoms with E-state index < -0.39 is 12.0 Å². The van der Waals surface area contributed by atoms with E-state index in [0.717, 1.165) is 0 Å². The molecule has 0 aromatic heterocycles. The van der Waals surface area contributed by atoms with Crippen LogP contribution in [0.3, 0.4) is 0 Å². The Balaban J connectivity index is 0. The number of aliphatic carboxylic acids is 1. The van der Waals surface area contributed by atoms with Crippen LogP contribution in [0.25, 0.3) is 0 Å². The number of allylic oxidation sites excluding steroid dienone is 1. The van der Waals surface area contributed by atoms with Crippen molar-refractivity contribution in [1.82, 2.24) is 0 Å². The highest BCUT2D eigenvalue weighted by Crippen LogP contribution is 1.96. The second-order valence-electron chi connectivity index (χ2n) is 3.32. The molecule has 0 fully saturated rings. The molecule has 0 radical (unpaired) electrons. The lowest BCUT2D eigenvalue weighted by molar-refractivity contribution is -0.139. The molecule has 0 aromatic rings. The number of carbonyl (C=O) groups is 1. The van der Waals surface area contributed by atoms with Gasteiger partial charge in [0.25, 0.3) is 0 Å². The van der Waals surface area contributed by atoms with Crippen molar-refractivity contribution in [3.8, 4) is 0 Å². The summed E-state index contributed by atoms with van der Waals surface area (Å²) in [5.74, 6) is -0.910. The smallest absolute Gasteiger partial charge is 0.320 e. The van der Waals surface area contributed by atoms with Crippen molar-refractivity contribution in [2.45, 2.75) is 33.7 Å². The Morgan fingerprint density at radius 2 is 1.67 bits per heavy atom. The minimum atomic E-state index is -0.931. The van der Waals surface area contributed by atoms with Gasteiger partial charge in [0.1, 0.15) is 6.04 Å². The Labute approximate surface area is 74.3 Å². The second-order valence-corrected chi connectivity index (χ2v) is 3.32. The Morgan fingerprint density at radius 1 is 1.42 bits per heavy atom. The standard InChI is InChI=1S/C5H11NO2.C4H8/c1-3(2)4(6)5(7)8;1-4(2)3/h3-4H,6H2,1-2H3,(H,7,8);1H2,2-3H3/t4-;/m0./s1. The van der Waals surface area contributed by atoms with Gasteiger partial charge in [0.05, 0.1) is 0 Å². The lowest BCUT2D eigenvalue weighted by Crippen LogP contribution is -2.34. The molecule has 0 bridgehead atoms. The highest BCUT2D eigenvalue weighted by molar-refractivity contribution is 5.73. The zero-order chi connectivity index (χ0) is 10.3. The van der Waals surface area contributed by atoms with Crippen molar-refractivity contribution in [3.05, 3.63) is 12.2 Å². The summed E-state index contributed by atoms with van der Waals surface area (Å²) in [7, 11) is 0. The maximum atomic E-state index is 10.0. The number of carboxylic acid groups (broad SMARTS) is 1. The lowest BCUT2D eigenvalue weighted by atomic mass is 10.1. The van der Waals surface area contributed by atoms with E-state index in [2.05, 4.69) is 6.58 Å². The van der Waals surface area contributed by atoms with Gasteiger partial charge in [-0.2, -0.15) is 0 Å². The van der Waals surface area contributed by atoms with Crippen molar-refractivity contribution in [3.63, 3.8) is 0 Å². The molecule has 12 heavy (non-hydrogen) atoms. The van der Waals surface area contributed by atoms with Gasteiger partial charge in [-0.25, -0.2) is 0 Å². The SMILES string of the molecule is C=C(C)C.CC(C)[C@H](N)C(=O)O. The van der Waals surface area contributed by atoms with Crippen LogP contribution in [0, 0.1) is 5.92 Å². The number of nitrogens with two attached hydrogens (primary N) is 1. The average molecular weight is 173 g/mol. The first kappa shape index (κ1) is 13.7. The van der Waals surface area contributed by atoms with Crippen molar-refractivity contribution >= 4 is 5.97 Å². The Bertz CT molecular complexity index is 149. The molecule has 0 aliphatic heterocycles. The number of carboxylic acids is 1. The first-order valence-corrected chi connectivity index (χ1v) is 3.89. The van der Waals surface area contributed by atoms with Gasteiger partial charge in [0.2, 0.25) is 0 Å². The molecule has 0 aliphatic rings. The third-order valence-electron chi connectivity index (χ3n) is 1.00. The van der Waals surface area contributed by atoms with E-state index in [1.54, 1.807) is 13.8 Å². The molecule has 0 aromatic carbocycles. The normalized spacial score (nSPS) is 11.5. The molecule has 0 rings (SSSR count). The average Bonchev–Trinajstić information content (AvgIpc) is 1.84. The number of hydrogen-bond donors (Lipinski definition) is 2. The minimum absolute atomic E-state index is 0.0208. The third kappa shape index (κ3) is 11.9. The molecule has 1 atom stereocenters. The first-order chi connectivity index (χ1) is 5.29. The summed E-state index contributed by atoms with van der Waals surface area (Å²) in [6.07, 6.45) is 0. The molecule has 0 saturated heterocycles. The summed E-state index contributed by atoms with van der Waals surface area (Å²) in [5.41, 5.74) is 6.33. The van der Waals surface area contributed by atoms with Crippen LogP contribution >= 0.6 is 0 Å². The molecule has 3 nitrogen and oxygen atoms in total. The highest BCUT2D eigenvalue weighted by atomic mass is 16.4. The largest absolute Gasteiger partial charge is 0.480 e. The molecule has 0 saturated carbocycles. The second kappa shape index (κ2) is 6.85. The van der Waals surface area contributed by atoms with Gasteiger partial charge in [-0.05, 0) is 19.8 Å². The molecular formula is C9H19NO2. The van der Waals surface area contributed by atoms with Crippen LogP contribution in [0.2, 0.25) is 0 Å². The minimum Gasteiger partial charge on any atom is -0.480 e. The van der Waals surface area contributed by atoms with Crippen LogP contribution in [0.1, 0.15) is 27.7 Å². The molecule has 0 aliphatic carbocycles. The Morgan fingerprint density at radius 3 is 1.67 bits per heavy atom. The predicted octanol–water partition coefficient (Wildman–Crippen LogP) is 1.64. The molecule has 3 N–H and O–H groups in total. The van der Waals surface area contributed by atoms with Gasteiger partial charge in [0, 0.05) is 0 Å². The summed E-state index contributed by atoms with van der Waals surface area (Å²) in [4.78, 5) is 10.0. The molecular weight excluding hydrogens is 154 g/mol. The third-order valence-corrected chi connectivity index (χ3v) is 1.00. The highest BCUT2D eigenvalue weighted by Gasteiger charge is 2.14. The predicted molar refractivity (Wildman–Crippen MR) is 50.9 cm³/mol. The molecule has 0 unspecified atom stereocenters. The molecule has 0 spiro atoms. The van der Waals surface area contributed by atoms with Crippen LogP contribution in [-0.4, -0.2) is 17.1 Å². The van der Waals surface area contributed by atoms with E-state index >= 15 is 0 Å². The van der Waals surface area contributed by atoms with E-state index in [1.807, 2.05) is 13.8 Å². The topological polar surface area (TPSA) is 63.3 Å². The molecule has 72 valence electrons. The van der Waals surface area contributed by atoms with E-state index in [1.165, 1.54) is 5.57 Å². The fourth-order valence-electron chi connectivity index (χ4n) is 0.285. The van der Waals surface area contributed by atoms with Crippen molar-refractivity contribution in [1.29, 1.82) is 0 Å². The maximum Gasteiger partial charge on any atom is 0.320 e. The Hall–Kier alpha value is -0.830. The summed E-state index contributed by atoms with van der Waals surface area (Å²) in [6.45, 7) is 11.1. The fourth-order valence-corrected chi connectivity index (χ4v) is 0.285. The molecule has 0 amide bonds. The van der Waals surface area contributed by atoms with Crippen LogP contribution < -0.4 is 5.73 Å². The van der Waals surface area contributed by atoms with Gasteiger partial charge >= 0.3 is 5.97 Å².